The second-order valence-corrected chi connectivity index (χ2v) is 9.35. The fourth-order valence-corrected chi connectivity index (χ4v) is 4.72. The van der Waals surface area contributed by atoms with E-state index in [-0.39, 0.29) is 24.2 Å². The van der Waals surface area contributed by atoms with Crippen LogP contribution in [0.15, 0.2) is 48.7 Å². The van der Waals surface area contributed by atoms with Crippen molar-refractivity contribution in [2.75, 3.05) is 13.1 Å². The Kier molecular flexibility index (Phi) is 6.16. The molecule has 5 heteroatoms. The molecule has 0 spiro atoms. The lowest BCUT2D eigenvalue weighted by Crippen LogP contribution is -2.40. The standard InChI is InChI=1S/C20H22IN3O/c1-21-20(9-12-22)10-13-24(14-11-20)16-17-7-8-19(15-23-17)25-18-5-3-2-4-6-18/h2-8,15H,1,9-11,13-14,16H2. The number of hydrogen-bond acceptors (Lipinski definition) is 4. The van der Waals surface area contributed by atoms with E-state index in [1.807, 2.05) is 42.5 Å². The normalized spacial score (nSPS) is 16.9. The number of benzene rings is 1. The fraction of sp³-hybridized carbons (Fsp3) is 0.350. The number of halogens is 1. The van der Waals surface area contributed by atoms with Gasteiger partial charge in [0.05, 0.1) is 18.0 Å². The van der Waals surface area contributed by atoms with Crippen LogP contribution in [0.1, 0.15) is 25.0 Å². The van der Waals surface area contributed by atoms with Crippen LogP contribution in [0.3, 0.4) is 0 Å². The molecule has 25 heavy (non-hydrogen) atoms. The Morgan fingerprint density at radius 2 is 1.92 bits per heavy atom. The van der Waals surface area contributed by atoms with Gasteiger partial charge in [0.2, 0.25) is 0 Å². The number of likely N-dealkylation sites (tertiary alicyclic amines) is 1. The molecule has 1 aliphatic heterocycles. The molecule has 130 valence electrons. The van der Waals surface area contributed by atoms with E-state index in [1.165, 1.54) is 0 Å². The first-order valence-corrected chi connectivity index (χ1v) is 11.0. The molecule has 0 N–H and O–H groups in total. The highest BCUT2D eigenvalue weighted by molar-refractivity contribution is 14.2. The average Bonchev–Trinajstić information content (AvgIpc) is 2.66. The second-order valence-electron chi connectivity index (χ2n) is 6.30. The summed E-state index contributed by atoms with van der Waals surface area (Å²) < 4.78 is 10.2. The molecule has 3 rings (SSSR count). The van der Waals surface area contributed by atoms with Crippen LogP contribution in [0.4, 0.5) is 0 Å². The quantitative estimate of drug-likeness (QED) is 0.483. The van der Waals surface area contributed by atoms with Crippen LogP contribution in [0.25, 0.3) is 0 Å². The molecule has 1 fully saturated rings. The first-order valence-electron chi connectivity index (χ1n) is 8.40. The van der Waals surface area contributed by atoms with Crippen LogP contribution < -0.4 is 4.74 Å². The summed E-state index contributed by atoms with van der Waals surface area (Å²) in [6.07, 6.45) is 4.63. The Morgan fingerprint density at radius 1 is 1.16 bits per heavy atom. The van der Waals surface area contributed by atoms with Crippen molar-refractivity contribution >= 4 is 25.2 Å². The van der Waals surface area contributed by atoms with Crippen LogP contribution >= 0.6 is 20.7 Å². The number of nitrogens with zero attached hydrogens (tertiary/aromatic N) is 3. The van der Waals surface area contributed by atoms with E-state index in [9.17, 15) is 0 Å². The highest BCUT2D eigenvalue weighted by Gasteiger charge is 2.32. The van der Waals surface area contributed by atoms with E-state index >= 15 is 0 Å². The summed E-state index contributed by atoms with van der Waals surface area (Å²) in [5.74, 6) is 1.57. The van der Waals surface area contributed by atoms with Crippen molar-refractivity contribution in [1.82, 2.24) is 9.88 Å². The number of piperidine rings is 1. The minimum Gasteiger partial charge on any atom is -0.456 e. The summed E-state index contributed by atoms with van der Waals surface area (Å²) in [6, 6.07) is 16.1. The maximum absolute atomic E-state index is 9.05. The van der Waals surface area contributed by atoms with Crippen molar-refractivity contribution in [3.8, 4) is 17.6 Å². The van der Waals surface area contributed by atoms with Crippen molar-refractivity contribution in [2.45, 2.75) is 29.2 Å². The lowest BCUT2D eigenvalue weighted by atomic mass is 9.94. The molecule has 1 aromatic heterocycles. The van der Waals surface area contributed by atoms with E-state index in [0.29, 0.717) is 6.42 Å². The third-order valence-electron chi connectivity index (χ3n) is 4.59. The third-order valence-corrected chi connectivity index (χ3v) is 7.67. The Balaban J connectivity index is 1.54. The molecule has 2 heterocycles. The summed E-state index contributed by atoms with van der Waals surface area (Å²) >= 11 is -0.148. The van der Waals surface area contributed by atoms with E-state index in [2.05, 4.69) is 20.5 Å². The van der Waals surface area contributed by atoms with Gasteiger partial charge in [0.1, 0.15) is 11.5 Å². The second kappa shape index (κ2) is 8.54. The zero-order chi connectivity index (χ0) is 17.5. The molecule has 2 aromatic rings. The van der Waals surface area contributed by atoms with Crippen LogP contribution in [0.2, 0.25) is 0 Å². The third kappa shape index (κ3) is 4.86. The predicted molar refractivity (Wildman–Crippen MR) is 109 cm³/mol. The number of alkyl halides is 1. The van der Waals surface area contributed by atoms with E-state index in [0.717, 1.165) is 49.7 Å². The molecule has 0 radical (unpaired) electrons. The molecule has 1 saturated heterocycles. The van der Waals surface area contributed by atoms with Crippen molar-refractivity contribution < 1.29 is 4.74 Å². The van der Waals surface area contributed by atoms with Gasteiger partial charge in [-0.3, -0.25) is 9.88 Å². The predicted octanol–water partition coefficient (Wildman–Crippen LogP) is 4.52. The SMILES string of the molecule is C=IC1(CC#N)CCN(Cc2ccc(Oc3ccccc3)cn2)CC1. The largest absolute Gasteiger partial charge is 0.456 e. The van der Waals surface area contributed by atoms with Gasteiger partial charge in [0.25, 0.3) is 0 Å². The Labute approximate surface area is 159 Å². The van der Waals surface area contributed by atoms with Gasteiger partial charge in [-0.2, -0.15) is 5.26 Å². The Bertz CT molecular complexity index is 732. The van der Waals surface area contributed by atoms with Crippen LogP contribution in [-0.4, -0.2) is 30.9 Å². The molecule has 0 unspecified atom stereocenters. The zero-order valence-corrected chi connectivity index (χ0v) is 16.4. The van der Waals surface area contributed by atoms with Crippen LogP contribution in [0, 0.1) is 11.3 Å². The number of para-hydroxylation sites is 1. The highest BCUT2D eigenvalue weighted by atomic mass is 127. The zero-order valence-electron chi connectivity index (χ0n) is 14.2. The molecule has 1 aromatic carbocycles. The summed E-state index contributed by atoms with van der Waals surface area (Å²) in [7, 11) is 0. The van der Waals surface area contributed by atoms with Gasteiger partial charge in [0.15, 0.2) is 0 Å². The van der Waals surface area contributed by atoms with E-state index in [1.54, 1.807) is 6.20 Å². The Morgan fingerprint density at radius 3 is 2.52 bits per heavy atom. The van der Waals surface area contributed by atoms with Gasteiger partial charge in [-0.25, -0.2) is 0 Å². The van der Waals surface area contributed by atoms with Gasteiger partial charge in [-0.05, 0) is 50.2 Å². The lowest BCUT2D eigenvalue weighted by Gasteiger charge is -2.37. The minimum atomic E-state index is -0.148. The van der Waals surface area contributed by atoms with Crippen LogP contribution in [0.5, 0.6) is 11.5 Å². The van der Waals surface area contributed by atoms with Gasteiger partial charge in [-0.15, -0.1) is 20.7 Å². The molecule has 0 bridgehead atoms. The monoisotopic (exact) mass is 447 g/mol. The van der Waals surface area contributed by atoms with Crippen molar-refractivity contribution in [3.05, 3.63) is 54.4 Å². The molecule has 0 saturated carbocycles. The van der Waals surface area contributed by atoms with E-state index in [4.69, 9.17) is 10.00 Å². The van der Waals surface area contributed by atoms with Crippen molar-refractivity contribution in [2.24, 2.45) is 0 Å². The van der Waals surface area contributed by atoms with Crippen molar-refractivity contribution in [3.63, 3.8) is 0 Å². The van der Waals surface area contributed by atoms with Gasteiger partial charge in [-0.1, -0.05) is 22.7 Å². The maximum Gasteiger partial charge on any atom is 0.145 e. The van der Waals surface area contributed by atoms with Gasteiger partial charge < -0.3 is 4.74 Å². The number of ether oxygens (including phenoxy) is 1. The molecular formula is C20H22IN3O. The molecule has 1 aliphatic rings. The topological polar surface area (TPSA) is 49.2 Å². The maximum atomic E-state index is 9.05. The molecule has 0 atom stereocenters. The molecule has 4 nitrogen and oxygen atoms in total. The molecular weight excluding hydrogens is 425 g/mol. The summed E-state index contributed by atoms with van der Waals surface area (Å²) in [6.45, 7) is 2.91. The first kappa shape index (κ1) is 18.0. The molecule has 0 amide bonds. The molecule has 0 aliphatic carbocycles. The number of pyridine rings is 1. The van der Waals surface area contributed by atoms with Gasteiger partial charge >= 0.3 is 0 Å². The summed E-state index contributed by atoms with van der Waals surface area (Å²) in [5.41, 5.74) is 1.05. The summed E-state index contributed by atoms with van der Waals surface area (Å²) in [4.78, 5) is 6.96. The number of hydrogen-bond donors (Lipinski definition) is 0. The first-order chi connectivity index (χ1) is 12.2. The summed E-state index contributed by atoms with van der Waals surface area (Å²) in [5, 5.41) is 9.05. The average molecular weight is 447 g/mol. The number of aromatic nitrogens is 1. The fourth-order valence-electron chi connectivity index (χ4n) is 3.03. The lowest BCUT2D eigenvalue weighted by molar-refractivity contribution is 0.197. The Hall–Kier alpha value is -1.78. The highest BCUT2D eigenvalue weighted by Crippen LogP contribution is 2.38. The van der Waals surface area contributed by atoms with Crippen molar-refractivity contribution in [1.29, 1.82) is 5.26 Å². The number of nitriles is 1. The van der Waals surface area contributed by atoms with Gasteiger partial charge in [0, 0.05) is 16.4 Å². The van der Waals surface area contributed by atoms with E-state index < -0.39 is 0 Å². The minimum absolute atomic E-state index is 0.148. The smallest absolute Gasteiger partial charge is 0.145 e. The van der Waals surface area contributed by atoms with Crippen LogP contribution in [-0.2, 0) is 6.54 Å². The number of rotatable bonds is 6.